The SMILES string of the molecule is CCOC(=O)C1CCCN(c2cccc(C(F)(F)F)c2C#N)C1. The second-order valence-corrected chi connectivity index (χ2v) is 5.35. The van der Waals surface area contributed by atoms with Crippen LogP contribution in [0.25, 0.3) is 0 Å². The molecule has 1 aromatic carbocycles. The van der Waals surface area contributed by atoms with Crippen LogP contribution < -0.4 is 4.90 Å². The van der Waals surface area contributed by atoms with E-state index in [2.05, 4.69) is 0 Å². The normalized spacial score (nSPS) is 18.4. The summed E-state index contributed by atoms with van der Waals surface area (Å²) in [5, 5.41) is 9.18. The molecule has 0 N–H and O–H groups in total. The second kappa shape index (κ2) is 6.90. The number of esters is 1. The molecule has 0 aromatic heterocycles. The summed E-state index contributed by atoms with van der Waals surface area (Å²) in [5.74, 6) is -0.729. The average Bonchev–Trinajstić information content (AvgIpc) is 2.53. The Morgan fingerprint density at radius 3 is 2.83 bits per heavy atom. The third-order valence-electron chi connectivity index (χ3n) is 3.84. The summed E-state index contributed by atoms with van der Waals surface area (Å²) >= 11 is 0. The maximum atomic E-state index is 13.0. The maximum absolute atomic E-state index is 13.0. The number of benzene rings is 1. The third kappa shape index (κ3) is 3.76. The zero-order valence-corrected chi connectivity index (χ0v) is 12.7. The van der Waals surface area contributed by atoms with Crippen LogP contribution in [0.1, 0.15) is 30.9 Å². The average molecular weight is 326 g/mol. The molecule has 0 amide bonds. The van der Waals surface area contributed by atoms with Gasteiger partial charge in [0.2, 0.25) is 0 Å². The molecule has 1 atom stereocenters. The van der Waals surface area contributed by atoms with E-state index in [0.29, 0.717) is 19.4 Å². The van der Waals surface area contributed by atoms with Gasteiger partial charge in [0.1, 0.15) is 6.07 Å². The van der Waals surface area contributed by atoms with Crippen molar-refractivity contribution in [1.82, 2.24) is 0 Å². The van der Waals surface area contributed by atoms with E-state index in [9.17, 15) is 23.2 Å². The van der Waals surface area contributed by atoms with Gasteiger partial charge in [-0.15, -0.1) is 0 Å². The number of piperidine rings is 1. The molecule has 4 nitrogen and oxygen atoms in total. The van der Waals surface area contributed by atoms with Crippen molar-refractivity contribution in [2.24, 2.45) is 5.92 Å². The molecule has 1 heterocycles. The number of nitriles is 1. The van der Waals surface area contributed by atoms with Gasteiger partial charge in [0.25, 0.3) is 0 Å². The fourth-order valence-corrected chi connectivity index (χ4v) is 2.81. The molecule has 1 saturated heterocycles. The predicted molar refractivity (Wildman–Crippen MR) is 77.7 cm³/mol. The Balaban J connectivity index is 2.31. The van der Waals surface area contributed by atoms with Crippen molar-refractivity contribution < 1.29 is 22.7 Å². The van der Waals surface area contributed by atoms with Crippen molar-refractivity contribution in [3.05, 3.63) is 29.3 Å². The van der Waals surface area contributed by atoms with Crippen LogP contribution >= 0.6 is 0 Å². The molecular formula is C16H17F3N2O2. The molecule has 1 aliphatic rings. The highest BCUT2D eigenvalue weighted by Crippen LogP contribution is 2.37. The second-order valence-electron chi connectivity index (χ2n) is 5.35. The van der Waals surface area contributed by atoms with Gasteiger partial charge in [-0.3, -0.25) is 4.79 Å². The molecule has 0 spiro atoms. The van der Waals surface area contributed by atoms with Crippen LogP contribution in [-0.4, -0.2) is 25.7 Å². The third-order valence-corrected chi connectivity index (χ3v) is 3.84. The first-order chi connectivity index (χ1) is 10.9. The van der Waals surface area contributed by atoms with Crippen molar-refractivity contribution >= 4 is 11.7 Å². The highest BCUT2D eigenvalue weighted by Gasteiger charge is 2.36. The zero-order chi connectivity index (χ0) is 17.0. The summed E-state index contributed by atoms with van der Waals surface area (Å²) in [5.41, 5.74) is -1.13. The van der Waals surface area contributed by atoms with Crippen LogP contribution in [0, 0.1) is 17.2 Å². The Morgan fingerprint density at radius 2 is 2.22 bits per heavy atom. The first-order valence-electron chi connectivity index (χ1n) is 7.40. The quantitative estimate of drug-likeness (QED) is 0.799. The largest absolute Gasteiger partial charge is 0.466 e. The van der Waals surface area contributed by atoms with Gasteiger partial charge in [0.05, 0.1) is 29.3 Å². The lowest BCUT2D eigenvalue weighted by molar-refractivity contribution is -0.148. The van der Waals surface area contributed by atoms with Crippen molar-refractivity contribution in [1.29, 1.82) is 5.26 Å². The lowest BCUT2D eigenvalue weighted by Crippen LogP contribution is -2.40. The van der Waals surface area contributed by atoms with Crippen LogP contribution in [0.15, 0.2) is 18.2 Å². The van der Waals surface area contributed by atoms with E-state index in [4.69, 9.17) is 4.74 Å². The molecule has 7 heteroatoms. The zero-order valence-electron chi connectivity index (χ0n) is 12.7. The van der Waals surface area contributed by atoms with E-state index >= 15 is 0 Å². The number of alkyl halides is 3. The van der Waals surface area contributed by atoms with E-state index in [-0.39, 0.29) is 30.7 Å². The molecular weight excluding hydrogens is 309 g/mol. The number of halogens is 3. The van der Waals surface area contributed by atoms with Gasteiger partial charge in [-0.05, 0) is 31.9 Å². The highest BCUT2D eigenvalue weighted by molar-refractivity contribution is 5.74. The number of nitrogens with zero attached hydrogens (tertiary/aromatic N) is 2. The molecule has 2 rings (SSSR count). The first-order valence-corrected chi connectivity index (χ1v) is 7.40. The number of carbonyl (C=O) groups is 1. The molecule has 1 aromatic rings. The van der Waals surface area contributed by atoms with E-state index in [1.54, 1.807) is 17.9 Å². The summed E-state index contributed by atoms with van der Waals surface area (Å²) in [6.45, 7) is 2.74. The molecule has 0 saturated carbocycles. The van der Waals surface area contributed by atoms with Crippen molar-refractivity contribution in [3.8, 4) is 6.07 Å². The van der Waals surface area contributed by atoms with Crippen molar-refractivity contribution in [3.63, 3.8) is 0 Å². The molecule has 1 aliphatic heterocycles. The number of ether oxygens (including phenoxy) is 1. The van der Waals surface area contributed by atoms with Crippen LogP contribution in [0.5, 0.6) is 0 Å². The lowest BCUT2D eigenvalue weighted by Gasteiger charge is -2.34. The summed E-state index contributed by atoms with van der Waals surface area (Å²) < 4.78 is 44.1. The fraction of sp³-hybridized carbons (Fsp3) is 0.500. The lowest BCUT2D eigenvalue weighted by atomic mass is 9.96. The molecule has 1 unspecified atom stereocenters. The van der Waals surface area contributed by atoms with Crippen LogP contribution in [0.3, 0.4) is 0 Å². The molecule has 0 radical (unpaired) electrons. The van der Waals surface area contributed by atoms with Gasteiger partial charge in [0.15, 0.2) is 0 Å². The Kier molecular flexibility index (Phi) is 5.14. The Bertz CT molecular complexity index is 623. The molecule has 124 valence electrons. The van der Waals surface area contributed by atoms with Gasteiger partial charge >= 0.3 is 12.1 Å². The number of hydrogen-bond acceptors (Lipinski definition) is 4. The van der Waals surface area contributed by atoms with E-state index < -0.39 is 17.3 Å². The smallest absolute Gasteiger partial charge is 0.417 e. The topological polar surface area (TPSA) is 53.3 Å². The Hall–Kier alpha value is -2.23. The minimum Gasteiger partial charge on any atom is -0.466 e. The van der Waals surface area contributed by atoms with E-state index in [1.807, 2.05) is 0 Å². The van der Waals surface area contributed by atoms with Gasteiger partial charge < -0.3 is 9.64 Å². The highest BCUT2D eigenvalue weighted by atomic mass is 19.4. The predicted octanol–water partition coefficient (Wildman–Crippen LogP) is 3.36. The van der Waals surface area contributed by atoms with Gasteiger partial charge in [-0.1, -0.05) is 6.07 Å². The van der Waals surface area contributed by atoms with E-state index in [0.717, 1.165) is 6.07 Å². The van der Waals surface area contributed by atoms with Crippen LogP contribution in [0.2, 0.25) is 0 Å². The molecule has 1 fully saturated rings. The van der Waals surface area contributed by atoms with Gasteiger partial charge in [-0.2, -0.15) is 18.4 Å². The maximum Gasteiger partial charge on any atom is 0.417 e. The molecule has 0 bridgehead atoms. The fourth-order valence-electron chi connectivity index (χ4n) is 2.81. The summed E-state index contributed by atoms with van der Waals surface area (Å²) in [7, 11) is 0. The standard InChI is InChI=1S/C16H17F3N2O2/c1-2-23-15(22)11-5-4-8-21(10-11)14-7-3-6-13(12(14)9-20)16(17,18)19/h3,6-7,11H,2,4-5,8,10H2,1H3. The number of rotatable bonds is 3. The molecule has 23 heavy (non-hydrogen) atoms. The number of anilines is 1. The first kappa shape index (κ1) is 17.1. The van der Waals surface area contributed by atoms with Gasteiger partial charge in [0, 0.05) is 13.1 Å². The summed E-state index contributed by atoms with van der Waals surface area (Å²) in [4.78, 5) is 13.5. The summed E-state index contributed by atoms with van der Waals surface area (Å²) in [6, 6.07) is 5.33. The van der Waals surface area contributed by atoms with Crippen LogP contribution in [0.4, 0.5) is 18.9 Å². The van der Waals surface area contributed by atoms with Crippen molar-refractivity contribution in [2.75, 3.05) is 24.6 Å². The minimum atomic E-state index is -4.59. The van der Waals surface area contributed by atoms with Gasteiger partial charge in [-0.25, -0.2) is 0 Å². The Morgan fingerprint density at radius 1 is 1.48 bits per heavy atom. The van der Waals surface area contributed by atoms with Crippen LogP contribution in [-0.2, 0) is 15.7 Å². The van der Waals surface area contributed by atoms with E-state index in [1.165, 1.54) is 12.1 Å². The number of carbonyl (C=O) groups excluding carboxylic acids is 1. The minimum absolute atomic E-state index is 0.219. The monoisotopic (exact) mass is 326 g/mol. The molecule has 0 aliphatic carbocycles. The summed E-state index contributed by atoms with van der Waals surface area (Å²) in [6.07, 6.45) is -3.29. The Labute approximate surface area is 132 Å². The van der Waals surface area contributed by atoms with Crippen molar-refractivity contribution in [2.45, 2.75) is 25.9 Å². The number of hydrogen-bond donors (Lipinski definition) is 0.